The number of nitrogens with one attached hydrogen (secondary N) is 1. The summed E-state index contributed by atoms with van der Waals surface area (Å²) in [6.45, 7) is 3.69. The molecule has 0 unspecified atom stereocenters. The van der Waals surface area contributed by atoms with E-state index in [1.807, 2.05) is 6.92 Å². The number of aromatic nitrogens is 3. The van der Waals surface area contributed by atoms with E-state index in [0.29, 0.717) is 18.7 Å². The number of para-hydroxylation sites is 1. The van der Waals surface area contributed by atoms with Crippen molar-refractivity contribution < 1.29 is 4.92 Å². The van der Waals surface area contributed by atoms with Crippen LogP contribution < -0.4 is 5.32 Å². The SMILES string of the molecule is CCn1ncnc1CNCc1ccccc1[N+](=O)[O-]. The van der Waals surface area contributed by atoms with Gasteiger partial charge in [-0.2, -0.15) is 5.10 Å². The van der Waals surface area contributed by atoms with Crippen LogP contribution in [0.5, 0.6) is 0 Å². The molecule has 0 amide bonds. The molecule has 0 saturated heterocycles. The fraction of sp³-hybridized carbons (Fsp3) is 0.333. The lowest BCUT2D eigenvalue weighted by atomic mass is 10.2. The molecule has 2 rings (SSSR count). The fourth-order valence-corrected chi connectivity index (χ4v) is 1.84. The van der Waals surface area contributed by atoms with E-state index in [1.54, 1.807) is 22.9 Å². The molecule has 1 N–H and O–H groups in total. The van der Waals surface area contributed by atoms with Crippen LogP contribution in [0.1, 0.15) is 18.3 Å². The van der Waals surface area contributed by atoms with Gasteiger partial charge >= 0.3 is 0 Å². The van der Waals surface area contributed by atoms with E-state index < -0.39 is 0 Å². The van der Waals surface area contributed by atoms with Gasteiger partial charge in [0, 0.05) is 24.7 Å². The van der Waals surface area contributed by atoms with Gasteiger partial charge in [-0.1, -0.05) is 18.2 Å². The van der Waals surface area contributed by atoms with Gasteiger partial charge in [0.2, 0.25) is 0 Å². The lowest BCUT2D eigenvalue weighted by molar-refractivity contribution is -0.385. The molecular weight excluding hydrogens is 246 g/mol. The molecule has 0 bridgehead atoms. The van der Waals surface area contributed by atoms with Crippen LogP contribution in [0.4, 0.5) is 5.69 Å². The van der Waals surface area contributed by atoms with Crippen LogP contribution in [0.2, 0.25) is 0 Å². The standard InChI is InChI=1S/C12H15N5O2/c1-2-16-12(14-9-15-16)8-13-7-10-5-3-4-6-11(10)17(18)19/h3-6,9,13H,2,7-8H2,1H3. The van der Waals surface area contributed by atoms with E-state index in [4.69, 9.17) is 0 Å². The van der Waals surface area contributed by atoms with Gasteiger partial charge < -0.3 is 5.32 Å². The highest BCUT2D eigenvalue weighted by Gasteiger charge is 2.11. The van der Waals surface area contributed by atoms with Gasteiger partial charge in [0.1, 0.15) is 12.2 Å². The van der Waals surface area contributed by atoms with Crippen LogP contribution in [0.3, 0.4) is 0 Å². The van der Waals surface area contributed by atoms with Crippen LogP contribution in [-0.2, 0) is 19.6 Å². The summed E-state index contributed by atoms with van der Waals surface area (Å²) in [6, 6.07) is 6.70. The maximum absolute atomic E-state index is 10.9. The second-order valence-corrected chi connectivity index (χ2v) is 3.98. The van der Waals surface area contributed by atoms with E-state index in [9.17, 15) is 10.1 Å². The molecule has 7 nitrogen and oxygen atoms in total. The average molecular weight is 261 g/mol. The Labute approximate surface area is 110 Å². The van der Waals surface area contributed by atoms with Gasteiger partial charge in [-0.25, -0.2) is 9.67 Å². The van der Waals surface area contributed by atoms with Crippen LogP contribution in [0.25, 0.3) is 0 Å². The zero-order chi connectivity index (χ0) is 13.7. The summed E-state index contributed by atoms with van der Waals surface area (Å²) in [5.41, 5.74) is 0.794. The zero-order valence-corrected chi connectivity index (χ0v) is 10.6. The third kappa shape index (κ3) is 3.14. The highest BCUT2D eigenvalue weighted by molar-refractivity contribution is 5.39. The van der Waals surface area contributed by atoms with Crippen LogP contribution in [-0.4, -0.2) is 19.7 Å². The molecule has 0 aliphatic rings. The maximum Gasteiger partial charge on any atom is 0.273 e. The maximum atomic E-state index is 10.9. The van der Waals surface area contributed by atoms with E-state index in [2.05, 4.69) is 15.4 Å². The molecule has 0 atom stereocenters. The fourth-order valence-electron chi connectivity index (χ4n) is 1.84. The zero-order valence-electron chi connectivity index (χ0n) is 10.6. The van der Waals surface area contributed by atoms with Crippen molar-refractivity contribution in [2.24, 2.45) is 0 Å². The molecule has 2 aromatic rings. The predicted octanol–water partition coefficient (Wildman–Crippen LogP) is 1.50. The highest BCUT2D eigenvalue weighted by atomic mass is 16.6. The number of nitrogens with zero attached hydrogens (tertiary/aromatic N) is 4. The molecule has 0 aliphatic heterocycles. The van der Waals surface area contributed by atoms with E-state index in [1.165, 1.54) is 12.4 Å². The first-order chi connectivity index (χ1) is 9.22. The molecule has 0 fully saturated rings. The second-order valence-electron chi connectivity index (χ2n) is 3.98. The molecule has 0 saturated carbocycles. The molecular formula is C12H15N5O2. The highest BCUT2D eigenvalue weighted by Crippen LogP contribution is 2.17. The van der Waals surface area contributed by atoms with Crippen LogP contribution in [0.15, 0.2) is 30.6 Å². The van der Waals surface area contributed by atoms with E-state index in [0.717, 1.165) is 12.4 Å². The average Bonchev–Trinajstić information content (AvgIpc) is 2.86. The second kappa shape index (κ2) is 6.05. The Morgan fingerprint density at radius 2 is 2.16 bits per heavy atom. The minimum absolute atomic E-state index is 0.131. The number of nitro groups is 1. The molecule has 0 aliphatic carbocycles. The summed E-state index contributed by atoms with van der Waals surface area (Å²) in [4.78, 5) is 14.6. The Bertz CT molecular complexity index is 567. The Kier molecular flexibility index (Phi) is 4.19. The smallest absolute Gasteiger partial charge is 0.273 e. The van der Waals surface area contributed by atoms with Gasteiger partial charge in [0.05, 0.1) is 11.5 Å². The summed E-state index contributed by atoms with van der Waals surface area (Å²) < 4.78 is 1.78. The van der Waals surface area contributed by atoms with Crippen molar-refractivity contribution in [2.45, 2.75) is 26.6 Å². The van der Waals surface area contributed by atoms with Crippen LogP contribution in [0, 0.1) is 10.1 Å². The normalized spacial score (nSPS) is 10.6. The first-order valence-corrected chi connectivity index (χ1v) is 6.02. The molecule has 7 heteroatoms. The summed E-state index contributed by atoms with van der Waals surface area (Å²) in [5, 5.41) is 18.1. The number of nitro benzene ring substituents is 1. The molecule has 0 spiro atoms. The number of hydrogen-bond donors (Lipinski definition) is 1. The van der Waals surface area contributed by atoms with Crippen LogP contribution >= 0.6 is 0 Å². The number of aryl methyl sites for hydroxylation is 1. The summed E-state index contributed by atoms with van der Waals surface area (Å²) >= 11 is 0. The minimum Gasteiger partial charge on any atom is -0.305 e. The van der Waals surface area contributed by atoms with Gasteiger partial charge in [0.15, 0.2) is 0 Å². The Morgan fingerprint density at radius 3 is 2.89 bits per heavy atom. The Balaban J connectivity index is 1.98. The topological polar surface area (TPSA) is 85.9 Å². The first kappa shape index (κ1) is 13.2. The molecule has 0 radical (unpaired) electrons. The van der Waals surface area contributed by atoms with Crippen molar-refractivity contribution in [1.29, 1.82) is 0 Å². The summed E-state index contributed by atoms with van der Waals surface area (Å²) in [6.07, 6.45) is 1.51. The Hall–Kier alpha value is -2.28. The van der Waals surface area contributed by atoms with Gasteiger partial charge in [-0.3, -0.25) is 10.1 Å². The summed E-state index contributed by atoms with van der Waals surface area (Å²) in [7, 11) is 0. The van der Waals surface area contributed by atoms with Crippen molar-refractivity contribution in [3.05, 3.63) is 52.1 Å². The third-order valence-electron chi connectivity index (χ3n) is 2.78. The monoisotopic (exact) mass is 261 g/mol. The largest absolute Gasteiger partial charge is 0.305 e. The summed E-state index contributed by atoms with van der Waals surface area (Å²) in [5.74, 6) is 0.820. The third-order valence-corrected chi connectivity index (χ3v) is 2.78. The molecule has 1 aromatic heterocycles. The van der Waals surface area contributed by atoms with E-state index in [-0.39, 0.29) is 10.6 Å². The quantitative estimate of drug-likeness (QED) is 0.629. The van der Waals surface area contributed by atoms with Crippen molar-refractivity contribution in [3.63, 3.8) is 0 Å². The first-order valence-electron chi connectivity index (χ1n) is 6.02. The number of hydrogen-bond acceptors (Lipinski definition) is 5. The van der Waals surface area contributed by atoms with Crippen molar-refractivity contribution >= 4 is 5.69 Å². The van der Waals surface area contributed by atoms with Gasteiger partial charge in [-0.15, -0.1) is 0 Å². The minimum atomic E-state index is -0.369. The Morgan fingerprint density at radius 1 is 1.37 bits per heavy atom. The number of benzene rings is 1. The van der Waals surface area contributed by atoms with Crippen molar-refractivity contribution in [3.8, 4) is 0 Å². The molecule has 19 heavy (non-hydrogen) atoms. The number of rotatable bonds is 6. The van der Waals surface area contributed by atoms with Crippen molar-refractivity contribution in [2.75, 3.05) is 0 Å². The van der Waals surface area contributed by atoms with Gasteiger partial charge in [0.25, 0.3) is 5.69 Å². The molecule has 100 valence electrons. The van der Waals surface area contributed by atoms with Gasteiger partial charge in [-0.05, 0) is 6.92 Å². The lowest BCUT2D eigenvalue weighted by Gasteiger charge is -2.06. The van der Waals surface area contributed by atoms with E-state index >= 15 is 0 Å². The predicted molar refractivity (Wildman–Crippen MR) is 69.3 cm³/mol. The lowest BCUT2D eigenvalue weighted by Crippen LogP contribution is -2.17. The molecule has 1 heterocycles. The molecule has 1 aromatic carbocycles. The van der Waals surface area contributed by atoms with Crippen molar-refractivity contribution in [1.82, 2.24) is 20.1 Å².